The van der Waals surface area contributed by atoms with Crippen molar-refractivity contribution in [2.24, 2.45) is 0 Å². The van der Waals surface area contributed by atoms with Gasteiger partial charge < -0.3 is 41.1 Å². The molecule has 0 atom stereocenters. The van der Waals surface area contributed by atoms with Crippen LogP contribution in [0.1, 0.15) is 27.8 Å². The predicted octanol–water partition coefficient (Wildman–Crippen LogP) is 7.75. The molecule has 8 rings (SSSR count). The zero-order valence-electron chi connectivity index (χ0n) is 29.4. The summed E-state index contributed by atoms with van der Waals surface area (Å²) in [5.74, 6) is 2.73. The summed E-state index contributed by atoms with van der Waals surface area (Å²) in [4.78, 5) is 16.2. The highest BCUT2D eigenvalue weighted by Gasteiger charge is 2.23. The van der Waals surface area contributed by atoms with Crippen LogP contribution in [-0.2, 0) is 6.61 Å². The SMILES string of the molecule is COc1ccc(OCc2ccc3[nH]c(-c4c(O)cn(-c5cc(C)ccc5C)c4N)nc3c2C)cc1-n1cc(O)c(-c2nc3c(C)cccc3[nH]2)c1N. The van der Waals surface area contributed by atoms with Crippen LogP contribution in [0.25, 0.3) is 56.2 Å². The molecule has 0 fully saturated rings. The van der Waals surface area contributed by atoms with E-state index < -0.39 is 0 Å². The first-order chi connectivity index (χ1) is 25.0. The molecule has 4 heterocycles. The van der Waals surface area contributed by atoms with E-state index in [0.717, 1.165) is 55.6 Å². The summed E-state index contributed by atoms with van der Waals surface area (Å²) in [5.41, 5.74) is 23.8. The van der Waals surface area contributed by atoms with Crippen LogP contribution in [0.4, 0.5) is 11.6 Å². The molecule has 0 radical (unpaired) electrons. The maximum atomic E-state index is 11.0. The van der Waals surface area contributed by atoms with Gasteiger partial charge in [0.1, 0.15) is 64.0 Å². The summed E-state index contributed by atoms with van der Waals surface area (Å²) < 4.78 is 15.4. The summed E-state index contributed by atoms with van der Waals surface area (Å²) in [6.45, 7) is 8.25. The molecule has 0 spiro atoms. The van der Waals surface area contributed by atoms with Crippen LogP contribution < -0.4 is 20.9 Å². The van der Waals surface area contributed by atoms with E-state index in [4.69, 9.17) is 30.9 Å². The molecule has 52 heavy (non-hydrogen) atoms. The van der Waals surface area contributed by atoms with Gasteiger partial charge in [-0.25, -0.2) is 9.97 Å². The second-order valence-electron chi connectivity index (χ2n) is 13.1. The Balaban J connectivity index is 1.08. The van der Waals surface area contributed by atoms with E-state index in [-0.39, 0.29) is 23.9 Å². The first kappa shape index (κ1) is 32.4. The third-order valence-electron chi connectivity index (χ3n) is 9.68. The number of benzene rings is 4. The first-order valence-electron chi connectivity index (χ1n) is 16.7. The van der Waals surface area contributed by atoms with Crippen molar-refractivity contribution in [3.8, 4) is 57.1 Å². The van der Waals surface area contributed by atoms with Crippen molar-refractivity contribution in [3.63, 3.8) is 0 Å². The third kappa shape index (κ3) is 5.23. The van der Waals surface area contributed by atoms with Crippen LogP contribution in [0.2, 0.25) is 0 Å². The molecular formula is C40H38N8O4. The Hall–Kier alpha value is -6.82. The second kappa shape index (κ2) is 12.2. The lowest BCUT2D eigenvalue weighted by Crippen LogP contribution is -2.04. The topological polar surface area (TPSA) is 178 Å². The van der Waals surface area contributed by atoms with E-state index in [9.17, 15) is 10.2 Å². The quantitative estimate of drug-likeness (QED) is 0.0935. The molecule has 0 bridgehead atoms. The molecule has 0 saturated carbocycles. The highest BCUT2D eigenvalue weighted by molar-refractivity contribution is 5.88. The van der Waals surface area contributed by atoms with Gasteiger partial charge in [0.25, 0.3) is 0 Å². The molecule has 8 aromatic rings. The molecule has 262 valence electrons. The Morgan fingerprint density at radius 2 is 1.37 bits per heavy atom. The number of ether oxygens (including phenoxy) is 2. The molecule has 0 aliphatic carbocycles. The van der Waals surface area contributed by atoms with Gasteiger partial charge in [0.2, 0.25) is 0 Å². The Morgan fingerprint density at radius 1 is 0.712 bits per heavy atom. The summed E-state index contributed by atoms with van der Waals surface area (Å²) in [5, 5.41) is 22.0. The van der Waals surface area contributed by atoms with Gasteiger partial charge in [-0.05, 0) is 85.8 Å². The average Bonchev–Trinajstić information content (AvgIpc) is 3.89. The Morgan fingerprint density at radius 3 is 2.04 bits per heavy atom. The van der Waals surface area contributed by atoms with Gasteiger partial charge in [0.05, 0.1) is 52.9 Å². The maximum Gasteiger partial charge on any atom is 0.146 e. The summed E-state index contributed by atoms with van der Waals surface area (Å²) in [6, 6.07) is 21.3. The number of nitrogens with zero attached hydrogens (tertiary/aromatic N) is 4. The fourth-order valence-electron chi connectivity index (χ4n) is 6.81. The van der Waals surface area contributed by atoms with Crippen LogP contribution in [-0.4, -0.2) is 46.4 Å². The van der Waals surface area contributed by atoms with E-state index in [1.54, 1.807) is 34.7 Å². The number of nitrogen functional groups attached to an aromatic ring is 2. The van der Waals surface area contributed by atoms with E-state index in [1.807, 2.05) is 88.4 Å². The Labute approximate surface area is 298 Å². The van der Waals surface area contributed by atoms with E-state index in [2.05, 4.69) is 9.97 Å². The number of aromatic hydroxyl groups is 2. The van der Waals surface area contributed by atoms with Gasteiger partial charge >= 0.3 is 0 Å². The fraction of sp³-hybridized carbons (Fsp3) is 0.150. The Bertz CT molecular complexity index is 2680. The number of hydrogen-bond donors (Lipinski definition) is 6. The van der Waals surface area contributed by atoms with Crippen LogP contribution in [0.3, 0.4) is 0 Å². The monoisotopic (exact) mass is 694 g/mol. The molecular weight excluding hydrogens is 656 g/mol. The minimum absolute atomic E-state index is 0.0261. The lowest BCUT2D eigenvalue weighted by atomic mass is 10.1. The lowest BCUT2D eigenvalue weighted by molar-refractivity contribution is 0.304. The van der Waals surface area contributed by atoms with E-state index in [1.165, 1.54) is 0 Å². The third-order valence-corrected chi connectivity index (χ3v) is 9.68. The molecule has 8 N–H and O–H groups in total. The van der Waals surface area contributed by atoms with Crippen LogP contribution in [0.5, 0.6) is 23.0 Å². The van der Waals surface area contributed by atoms with Gasteiger partial charge in [-0.3, -0.25) is 9.13 Å². The van der Waals surface area contributed by atoms with Gasteiger partial charge in [-0.1, -0.05) is 30.3 Å². The number of aromatic amines is 2. The van der Waals surface area contributed by atoms with E-state index >= 15 is 0 Å². The molecule has 4 aromatic carbocycles. The van der Waals surface area contributed by atoms with Crippen molar-refractivity contribution in [2.45, 2.75) is 34.3 Å². The van der Waals surface area contributed by atoms with Crippen LogP contribution in [0.15, 0.2) is 79.1 Å². The number of fused-ring (bicyclic) bond motifs is 2. The van der Waals surface area contributed by atoms with Crippen LogP contribution in [0, 0.1) is 27.7 Å². The number of aromatic nitrogens is 6. The van der Waals surface area contributed by atoms with Gasteiger partial charge in [0.15, 0.2) is 0 Å². The normalized spacial score (nSPS) is 11.6. The lowest BCUT2D eigenvalue weighted by Gasteiger charge is -2.15. The van der Waals surface area contributed by atoms with Crippen molar-refractivity contribution in [1.82, 2.24) is 29.1 Å². The number of hydrogen-bond acceptors (Lipinski definition) is 8. The minimum Gasteiger partial charge on any atom is -0.505 e. The number of methoxy groups -OCH3 is 1. The predicted molar refractivity (Wildman–Crippen MR) is 204 cm³/mol. The minimum atomic E-state index is -0.0261. The number of para-hydroxylation sites is 1. The number of nitrogens with two attached hydrogens (primary N) is 2. The van der Waals surface area contributed by atoms with Crippen molar-refractivity contribution >= 4 is 33.7 Å². The number of imidazole rings is 2. The van der Waals surface area contributed by atoms with Crippen LogP contribution >= 0.6 is 0 Å². The standard InChI is InChI=1S/C40H38N8O4/c1-20-9-10-21(2)28(15-20)47-17-30(49)33(37(47)41)40-44-27-13-11-24(23(4)36(27)46-40)19-52-25-12-14-32(51-5)29(16-25)48-18-31(50)34(38(48)42)39-43-26-8-6-7-22(3)35(26)45-39/h6-18,49-50H,19,41-42H2,1-5H3,(H,43,45)(H,44,46). The highest BCUT2D eigenvalue weighted by atomic mass is 16.5. The number of H-pyrrole nitrogens is 2. The Kier molecular flexibility index (Phi) is 7.60. The second-order valence-corrected chi connectivity index (χ2v) is 13.1. The molecule has 0 aliphatic rings. The number of nitrogens with one attached hydrogen (secondary N) is 2. The van der Waals surface area contributed by atoms with Crippen molar-refractivity contribution in [1.29, 1.82) is 0 Å². The van der Waals surface area contributed by atoms with Crippen molar-refractivity contribution in [3.05, 3.63) is 107 Å². The van der Waals surface area contributed by atoms with Gasteiger partial charge in [-0.2, -0.15) is 0 Å². The summed E-state index contributed by atoms with van der Waals surface area (Å²) in [6.07, 6.45) is 3.17. The molecule has 12 nitrogen and oxygen atoms in total. The maximum absolute atomic E-state index is 11.0. The van der Waals surface area contributed by atoms with Crippen molar-refractivity contribution in [2.75, 3.05) is 18.6 Å². The number of anilines is 2. The smallest absolute Gasteiger partial charge is 0.146 e. The summed E-state index contributed by atoms with van der Waals surface area (Å²) >= 11 is 0. The molecule has 0 unspecified atom stereocenters. The van der Waals surface area contributed by atoms with Gasteiger partial charge in [-0.15, -0.1) is 0 Å². The molecule has 4 aromatic heterocycles. The fourth-order valence-corrected chi connectivity index (χ4v) is 6.81. The average molecular weight is 695 g/mol. The first-order valence-corrected chi connectivity index (χ1v) is 16.7. The van der Waals surface area contributed by atoms with Gasteiger partial charge in [0, 0.05) is 6.07 Å². The molecule has 0 amide bonds. The largest absolute Gasteiger partial charge is 0.505 e. The molecule has 0 aliphatic heterocycles. The molecule has 12 heteroatoms. The molecule has 0 saturated heterocycles. The van der Waals surface area contributed by atoms with Crippen molar-refractivity contribution < 1.29 is 19.7 Å². The highest BCUT2D eigenvalue weighted by Crippen LogP contribution is 2.41. The zero-order chi connectivity index (χ0) is 36.4. The number of rotatable bonds is 8. The summed E-state index contributed by atoms with van der Waals surface area (Å²) in [7, 11) is 1.57. The number of aryl methyl sites for hydroxylation is 4. The van der Waals surface area contributed by atoms with E-state index in [0.29, 0.717) is 45.8 Å². The zero-order valence-corrected chi connectivity index (χ0v) is 29.4.